The van der Waals surface area contributed by atoms with Crippen LogP contribution in [0.5, 0.6) is 0 Å². The van der Waals surface area contributed by atoms with Crippen molar-refractivity contribution in [3.63, 3.8) is 0 Å². The molecule has 2 N–H and O–H groups in total. The maximum Gasteiger partial charge on any atom is 0.253 e. The Kier molecular flexibility index (Phi) is 4.90. The molecule has 0 saturated heterocycles. The highest BCUT2D eigenvalue weighted by Gasteiger charge is 2.19. The fraction of sp³-hybridized carbons (Fsp3) is 0.500. The average molecular weight is 237 g/mol. The van der Waals surface area contributed by atoms with Crippen LogP contribution in [0.4, 0.5) is 0 Å². The zero-order valence-corrected chi connectivity index (χ0v) is 10.5. The molecule has 0 aromatic heterocycles. The smallest absolute Gasteiger partial charge is 0.253 e. The van der Waals surface area contributed by atoms with Crippen LogP contribution >= 0.6 is 0 Å². The summed E-state index contributed by atoms with van der Waals surface area (Å²) in [5.41, 5.74) is 0.911. The molecule has 0 saturated carbocycles. The van der Waals surface area contributed by atoms with Crippen molar-refractivity contribution in [3.8, 4) is 0 Å². The first kappa shape index (κ1) is 13.4. The summed E-state index contributed by atoms with van der Waals surface area (Å²) in [7, 11) is 3.88. The summed E-state index contributed by atoms with van der Waals surface area (Å²) in [4.78, 5) is 25.2. The number of rotatable bonds is 5. The van der Waals surface area contributed by atoms with Crippen molar-refractivity contribution in [3.05, 3.63) is 23.4 Å². The van der Waals surface area contributed by atoms with E-state index < -0.39 is 0 Å². The number of amides is 1. The number of hydrogen-bond donors (Lipinski definition) is 2. The molecule has 0 unspecified atom stereocenters. The Morgan fingerprint density at radius 1 is 1.41 bits per heavy atom. The Morgan fingerprint density at radius 2 is 2.12 bits per heavy atom. The molecule has 1 aliphatic heterocycles. The molecule has 0 atom stereocenters. The fourth-order valence-electron chi connectivity index (χ4n) is 1.52. The largest absolute Gasteiger partial charge is 0.387 e. The van der Waals surface area contributed by atoms with E-state index in [1.807, 2.05) is 19.0 Å². The van der Waals surface area contributed by atoms with Crippen LogP contribution in [0.2, 0.25) is 0 Å². The number of ketones is 1. The number of carbonyl (C=O) groups excluding carboxylic acids is 2. The highest BCUT2D eigenvalue weighted by atomic mass is 16.2. The summed E-state index contributed by atoms with van der Waals surface area (Å²) in [6.45, 7) is 3.39. The Morgan fingerprint density at radius 3 is 2.71 bits per heavy atom. The lowest BCUT2D eigenvalue weighted by Crippen LogP contribution is -2.34. The van der Waals surface area contributed by atoms with E-state index in [1.165, 1.54) is 6.92 Å². The highest BCUT2D eigenvalue weighted by Crippen LogP contribution is 2.13. The van der Waals surface area contributed by atoms with E-state index in [1.54, 1.807) is 12.3 Å². The van der Waals surface area contributed by atoms with Gasteiger partial charge in [0.1, 0.15) is 0 Å². The third-order valence-corrected chi connectivity index (χ3v) is 2.43. The molecule has 1 rings (SSSR count). The van der Waals surface area contributed by atoms with E-state index in [4.69, 9.17) is 0 Å². The third-order valence-electron chi connectivity index (χ3n) is 2.43. The van der Waals surface area contributed by atoms with Gasteiger partial charge < -0.3 is 15.5 Å². The molecule has 5 nitrogen and oxygen atoms in total. The number of Topliss-reactive ketones (excluding diaryl/α,β-unsaturated/α-hetero) is 1. The van der Waals surface area contributed by atoms with Crippen molar-refractivity contribution in [1.82, 2.24) is 15.5 Å². The Hall–Kier alpha value is -1.62. The van der Waals surface area contributed by atoms with Crippen molar-refractivity contribution in [2.75, 3.05) is 33.7 Å². The molecule has 0 bridgehead atoms. The number of nitrogens with one attached hydrogen (secondary N) is 2. The summed E-state index contributed by atoms with van der Waals surface area (Å²) in [6.07, 6.45) is 3.34. The van der Waals surface area contributed by atoms with Crippen LogP contribution in [0.3, 0.4) is 0 Å². The van der Waals surface area contributed by atoms with Gasteiger partial charge in [-0.05, 0) is 21.0 Å². The lowest BCUT2D eigenvalue weighted by Gasteiger charge is -2.16. The lowest BCUT2D eigenvalue weighted by molar-refractivity contribution is -0.119. The van der Waals surface area contributed by atoms with Crippen LogP contribution in [-0.4, -0.2) is 50.3 Å². The fourth-order valence-corrected chi connectivity index (χ4v) is 1.52. The number of likely N-dealkylation sites (N-methyl/N-ethyl adjacent to an activating group) is 1. The molecule has 0 aliphatic carbocycles. The van der Waals surface area contributed by atoms with Crippen LogP contribution in [0.25, 0.3) is 0 Å². The number of hydrogen-bond acceptors (Lipinski definition) is 4. The van der Waals surface area contributed by atoms with E-state index in [9.17, 15) is 9.59 Å². The minimum absolute atomic E-state index is 0.0829. The van der Waals surface area contributed by atoms with Gasteiger partial charge in [-0.3, -0.25) is 9.59 Å². The van der Waals surface area contributed by atoms with Gasteiger partial charge in [0.25, 0.3) is 5.91 Å². The third kappa shape index (κ3) is 4.03. The summed E-state index contributed by atoms with van der Waals surface area (Å²) >= 11 is 0. The molecule has 0 aromatic carbocycles. The summed E-state index contributed by atoms with van der Waals surface area (Å²) < 4.78 is 0. The first-order valence-corrected chi connectivity index (χ1v) is 5.60. The molecular formula is C12H19N3O2. The van der Waals surface area contributed by atoms with Gasteiger partial charge in [0.05, 0.1) is 5.57 Å². The van der Waals surface area contributed by atoms with Gasteiger partial charge in [0.2, 0.25) is 0 Å². The zero-order chi connectivity index (χ0) is 12.8. The molecule has 1 aliphatic rings. The topological polar surface area (TPSA) is 61.4 Å². The Bertz CT molecular complexity index is 370. The molecule has 94 valence electrons. The normalized spacial score (nSPS) is 14.8. The first-order valence-electron chi connectivity index (χ1n) is 5.60. The minimum Gasteiger partial charge on any atom is -0.387 e. The number of nitrogens with zero attached hydrogens (tertiary/aromatic N) is 1. The molecule has 5 heteroatoms. The predicted molar refractivity (Wildman–Crippen MR) is 66.4 cm³/mol. The molecule has 0 radical (unpaired) electrons. The van der Waals surface area contributed by atoms with Crippen LogP contribution in [-0.2, 0) is 9.59 Å². The first-order chi connectivity index (χ1) is 8.02. The van der Waals surface area contributed by atoms with Crippen molar-refractivity contribution >= 4 is 11.7 Å². The van der Waals surface area contributed by atoms with Crippen molar-refractivity contribution in [2.24, 2.45) is 0 Å². The van der Waals surface area contributed by atoms with Gasteiger partial charge in [0.15, 0.2) is 5.78 Å². The SMILES string of the molecule is CC(=O)C1=CCNC=C1C(=O)NCCN(C)C. The maximum atomic E-state index is 11.9. The molecule has 0 aromatic rings. The van der Waals surface area contributed by atoms with Crippen LogP contribution in [0, 0.1) is 0 Å². The molecule has 1 heterocycles. The summed E-state index contributed by atoms with van der Waals surface area (Å²) in [5, 5.41) is 5.72. The second-order valence-corrected chi connectivity index (χ2v) is 4.20. The Labute approximate surface area is 102 Å². The van der Waals surface area contributed by atoms with Crippen molar-refractivity contribution in [2.45, 2.75) is 6.92 Å². The Balaban J connectivity index is 2.59. The van der Waals surface area contributed by atoms with Crippen molar-refractivity contribution in [1.29, 1.82) is 0 Å². The van der Waals surface area contributed by atoms with E-state index in [0.29, 0.717) is 24.2 Å². The zero-order valence-electron chi connectivity index (χ0n) is 10.5. The van der Waals surface area contributed by atoms with Gasteiger partial charge >= 0.3 is 0 Å². The molecular weight excluding hydrogens is 218 g/mol. The van der Waals surface area contributed by atoms with E-state index in [0.717, 1.165) is 6.54 Å². The van der Waals surface area contributed by atoms with Crippen LogP contribution < -0.4 is 10.6 Å². The van der Waals surface area contributed by atoms with E-state index >= 15 is 0 Å². The molecule has 17 heavy (non-hydrogen) atoms. The highest BCUT2D eigenvalue weighted by molar-refractivity contribution is 6.11. The van der Waals surface area contributed by atoms with Crippen LogP contribution in [0.1, 0.15) is 6.92 Å². The van der Waals surface area contributed by atoms with Crippen molar-refractivity contribution < 1.29 is 9.59 Å². The van der Waals surface area contributed by atoms with Gasteiger partial charge in [0, 0.05) is 31.4 Å². The van der Waals surface area contributed by atoms with Gasteiger partial charge in [-0.15, -0.1) is 0 Å². The lowest BCUT2D eigenvalue weighted by atomic mass is 10.0. The quantitative estimate of drug-likeness (QED) is 0.687. The van der Waals surface area contributed by atoms with E-state index in [2.05, 4.69) is 10.6 Å². The molecule has 1 amide bonds. The van der Waals surface area contributed by atoms with Gasteiger partial charge in [-0.25, -0.2) is 0 Å². The maximum absolute atomic E-state index is 11.9. The van der Waals surface area contributed by atoms with Gasteiger partial charge in [-0.1, -0.05) is 6.08 Å². The van der Waals surface area contributed by atoms with Gasteiger partial charge in [-0.2, -0.15) is 0 Å². The second kappa shape index (κ2) is 6.20. The number of dihydropyridines is 1. The molecule has 0 fully saturated rings. The summed E-state index contributed by atoms with van der Waals surface area (Å²) in [6, 6.07) is 0. The second-order valence-electron chi connectivity index (χ2n) is 4.20. The number of carbonyl (C=O) groups is 2. The van der Waals surface area contributed by atoms with Crippen LogP contribution in [0.15, 0.2) is 23.4 Å². The average Bonchev–Trinajstić information content (AvgIpc) is 2.28. The minimum atomic E-state index is -0.208. The standard InChI is InChI=1S/C12H19N3O2/c1-9(16)10-4-5-13-8-11(10)12(17)14-6-7-15(2)3/h4,8,13H,5-7H2,1-3H3,(H,14,17). The monoisotopic (exact) mass is 237 g/mol. The molecule has 0 spiro atoms. The summed E-state index contributed by atoms with van der Waals surface area (Å²) in [5.74, 6) is -0.291. The predicted octanol–water partition coefficient (Wildman–Crippen LogP) is -0.333. The van der Waals surface area contributed by atoms with E-state index in [-0.39, 0.29) is 11.7 Å².